The van der Waals surface area contributed by atoms with Crippen molar-refractivity contribution in [3.05, 3.63) is 23.0 Å². The van der Waals surface area contributed by atoms with Gasteiger partial charge in [0.1, 0.15) is 11.1 Å². The number of nitrogens with one attached hydrogen (secondary N) is 1. The van der Waals surface area contributed by atoms with Crippen LogP contribution in [0.1, 0.15) is 46.5 Å². The Morgan fingerprint density at radius 1 is 1.32 bits per heavy atom. The smallest absolute Gasteiger partial charge is 0.319 e. The Labute approximate surface area is 157 Å². The van der Waals surface area contributed by atoms with Crippen LogP contribution in [0, 0.1) is 11.7 Å². The first-order valence-electron chi connectivity index (χ1n) is 8.31. The van der Waals surface area contributed by atoms with Crippen LogP contribution in [0.5, 0.6) is 0 Å². The summed E-state index contributed by atoms with van der Waals surface area (Å²) in [5, 5.41) is 2.35. The molecule has 1 atom stereocenters. The second-order valence-corrected chi connectivity index (χ2v) is 7.81. The van der Waals surface area contributed by atoms with Crippen molar-refractivity contribution >= 4 is 40.9 Å². The summed E-state index contributed by atoms with van der Waals surface area (Å²) in [5.74, 6) is -0.808. The molecule has 0 aromatic heterocycles. The zero-order valence-corrected chi connectivity index (χ0v) is 16.6. The molecule has 0 aliphatic carbocycles. The summed E-state index contributed by atoms with van der Waals surface area (Å²) < 4.78 is 18.9. The summed E-state index contributed by atoms with van der Waals surface area (Å²) in [4.78, 5) is 24.4. The highest BCUT2D eigenvalue weighted by Crippen LogP contribution is 2.36. The van der Waals surface area contributed by atoms with Crippen molar-refractivity contribution in [3.8, 4) is 0 Å². The first-order valence-corrected chi connectivity index (χ1v) is 9.57. The van der Waals surface area contributed by atoms with Crippen LogP contribution in [-0.2, 0) is 14.3 Å². The van der Waals surface area contributed by atoms with Gasteiger partial charge in [-0.15, -0.1) is 11.8 Å². The summed E-state index contributed by atoms with van der Waals surface area (Å²) in [6, 6.07) is 2.63. The standard InChI is InChI=1S/C18H25ClFNO3S/c1-5-6-15(18(23)24-4)25-16-10-14(13(20)9-12(16)19)21-17(22)8-7-11(2)3/h9-11,15H,5-8H2,1-4H3,(H,21,22). The lowest BCUT2D eigenvalue weighted by Crippen LogP contribution is -2.18. The van der Waals surface area contributed by atoms with E-state index in [9.17, 15) is 14.0 Å². The third-order valence-corrected chi connectivity index (χ3v) is 5.26. The number of rotatable bonds is 9. The van der Waals surface area contributed by atoms with Crippen LogP contribution in [0.4, 0.5) is 10.1 Å². The molecule has 0 aliphatic heterocycles. The molecule has 1 N–H and O–H groups in total. The topological polar surface area (TPSA) is 55.4 Å². The van der Waals surface area contributed by atoms with Crippen LogP contribution in [-0.4, -0.2) is 24.2 Å². The Hall–Kier alpha value is -1.27. The lowest BCUT2D eigenvalue weighted by molar-refractivity contribution is -0.140. The van der Waals surface area contributed by atoms with Gasteiger partial charge >= 0.3 is 5.97 Å². The van der Waals surface area contributed by atoms with Crippen molar-refractivity contribution in [3.63, 3.8) is 0 Å². The molecule has 140 valence electrons. The summed E-state index contributed by atoms with van der Waals surface area (Å²) in [5.41, 5.74) is 0.0702. The van der Waals surface area contributed by atoms with Crippen molar-refractivity contribution in [1.82, 2.24) is 0 Å². The van der Waals surface area contributed by atoms with Crippen LogP contribution < -0.4 is 5.32 Å². The Morgan fingerprint density at radius 2 is 2.00 bits per heavy atom. The average Bonchev–Trinajstić information content (AvgIpc) is 2.55. The van der Waals surface area contributed by atoms with Gasteiger partial charge in [0.15, 0.2) is 0 Å². The van der Waals surface area contributed by atoms with E-state index < -0.39 is 11.1 Å². The quantitative estimate of drug-likeness (QED) is 0.460. The zero-order chi connectivity index (χ0) is 19.0. The van der Waals surface area contributed by atoms with Gasteiger partial charge in [0.05, 0.1) is 17.8 Å². The van der Waals surface area contributed by atoms with E-state index >= 15 is 0 Å². The maximum absolute atomic E-state index is 14.1. The molecule has 1 aromatic carbocycles. The number of hydrogen-bond donors (Lipinski definition) is 1. The van der Waals surface area contributed by atoms with Crippen LogP contribution in [0.25, 0.3) is 0 Å². The van der Waals surface area contributed by atoms with Crippen molar-refractivity contribution in [2.24, 2.45) is 5.92 Å². The van der Waals surface area contributed by atoms with E-state index in [2.05, 4.69) is 5.32 Å². The molecule has 0 radical (unpaired) electrons. The minimum absolute atomic E-state index is 0.0702. The molecule has 1 unspecified atom stereocenters. The van der Waals surface area contributed by atoms with Crippen molar-refractivity contribution in [1.29, 1.82) is 0 Å². The monoisotopic (exact) mass is 389 g/mol. The number of thioether (sulfide) groups is 1. The largest absolute Gasteiger partial charge is 0.468 e. The van der Waals surface area contributed by atoms with E-state index in [0.29, 0.717) is 23.7 Å². The Balaban J connectivity index is 2.94. The predicted octanol–water partition coefficient (Wildman–Crippen LogP) is 5.29. The molecule has 7 heteroatoms. The Kier molecular flexibility index (Phi) is 9.28. The van der Waals surface area contributed by atoms with Crippen LogP contribution in [0.2, 0.25) is 5.02 Å². The van der Waals surface area contributed by atoms with Crippen molar-refractivity contribution < 1.29 is 18.7 Å². The first-order chi connectivity index (χ1) is 11.8. The molecule has 25 heavy (non-hydrogen) atoms. The molecule has 0 bridgehead atoms. The average molecular weight is 390 g/mol. The molecule has 1 amide bonds. The van der Waals surface area contributed by atoms with Crippen molar-refractivity contribution in [2.45, 2.75) is 56.6 Å². The highest BCUT2D eigenvalue weighted by molar-refractivity contribution is 8.00. The third kappa shape index (κ3) is 7.24. The molecule has 1 rings (SSSR count). The van der Waals surface area contributed by atoms with Crippen molar-refractivity contribution in [2.75, 3.05) is 12.4 Å². The lowest BCUT2D eigenvalue weighted by atomic mass is 10.1. The fourth-order valence-electron chi connectivity index (χ4n) is 2.12. The van der Waals surface area contributed by atoms with Gasteiger partial charge in [0, 0.05) is 11.3 Å². The summed E-state index contributed by atoms with van der Waals surface area (Å²) in [6.07, 6.45) is 2.46. The molecule has 0 saturated heterocycles. The van der Waals surface area contributed by atoms with E-state index in [1.165, 1.54) is 24.9 Å². The summed E-state index contributed by atoms with van der Waals surface area (Å²) in [6.45, 7) is 6.00. The van der Waals surface area contributed by atoms with E-state index in [1.807, 2.05) is 20.8 Å². The number of amides is 1. The van der Waals surface area contributed by atoms with E-state index in [1.54, 1.807) is 0 Å². The van der Waals surface area contributed by atoms with Crippen LogP contribution in [0.3, 0.4) is 0 Å². The van der Waals surface area contributed by atoms with Gasteiger partial charge in [0.2, 0.25) is 5.91 Å². The van der Waals surface area contributed by atoms with Crippen LogP contribution in [0.15, 0.2) is 17.0 Å². The molecular weight excluding hydrogens is 365 g/mol. The number of methoxy groups -OCH3 is 1. The van der Waals surface area contributed by atoms with Gasteiger partial charge in [-0.3, -0.25) is 9.59 Å². The van der Waals surface area contributed by atoms with Gasteiger partial charge < -0.3 is 10.1 Å². The fourth-order valence-corrected chi connectivity index (χ4v) is 3.61. The number of anilines is 1. The molecule has 0 fully saturated rings. The summed E-state index contributed by atoms with van der Waals surface area (Å²) in [7, 11) is 1.33. The van der Waals surface area contributed by atoms with E-state index in [-0.39, 0.29) is 22.6 Å². The van der Waals surface area contributed by atoms with E-state index in [4.69, 9.17) is 16.3 Å². The number of hydrogen-bond acceptors (Lipinski definition) is 4. The second kappa shape index (κ2) is 10.7. The number of halogens is 2. The number of carbonyl (C=O) groups excluding carboxylic acids is 2. The van der Waals surface area contributed by atoms with Gasteiger partial charge in [-0.05, 0) is 30.9 Å². The molecule has 1 aromatic rings. The second-order valence-electron chi connectivity index (χ2n) is 6.16. The van der Waals surface area contributed by atoms with Gasteiger partial charge in [-0.25, -0.2) is 4.39 Å². The fraction of sp³-hybridized carbons (Fsp3) is 0.556. The van der Waals surface area contributed by atoms with Gasteiger partial charge in [-0.1, -0.05) is 38.8 Å². The first kappa shape index (κ1) is 21.8. The molecule has 0 spiro atoms. The summed E-state index contributed by atoms with van der Waals surface area (Å²) >= 11 is 7.32. The lowest BCUT2D eigenvalue weighted by Gasteiger charge is -2.16. The highest BCUT2D eigenvalue weighted by atomic mass is 35.5. The predicted molar refractivity (Wildman–Crippen MR) is 101 cm³/mol. The zero-order valence-electron chi connectivity index (χ0n) is 15.0. The highest BCUT2D eigenvalue weighted by Gasteiger charge is 2.22. The molecule has 0 heterocycles. The van der Waals surface area contributed by atoms with Gasteiger partial charge in [0.25, 0.3) is 0 Å². The molecular formula is C18H25ClFNO3S. The van der Waals surface area contributed by atoms with E-state index in [0.717, 1.165) is 18.9 Å². The molecule has 4 nitrogen and oxygen atoms in total. The maximum Gasteiger partial charge on any atom is 0.319 e. The Bertz CT molecular complexity index is 610. The minimum Gasteiger partial charge on any atom is -0.468 e. The number of ether oxygens (including phenoxy) is 1. The SMILES string of the molecule is CCCC(Sc1cc(NC(=O)CCC(C)C)c(F)cc1Cl)C(=O)OC. The molecule has 0 aliphatic rings. The number of benzene rings is 1. The minimum atomic E-state index is -0.600. The maximum atomic E-state index is 14.1. The normalized spacial score (nSPS) is 12.1. The Morgan fingerprint density at radius 3 is 2.56 bits per heavy atom. The third-order valence-electron chi connectivity index (χ3n) is 3.53. The number of carbonyl (C=O) groups is 2. The molecule has 0 saturated carbocycles. The number of esters is 1. The van der Waals surface area contributed by atoms with Gasteiger partial charge in [-0.2, -0.15) is 0 Å². The van der Waals surface area contributed by atoms with Crippen LogP contribution >= 0.6 is 23.4 Å².